The summed E-state index contributed by atoms with van der Waals surface area (Å²) in [5.74, 6) is -0.319. The second-order valence-corrected chi connectivity index (χ2v) is 12.2. The van der Waals surface area contributed by atoms with E-state index in [1.54, 1.807) is 17.0 Å². The van der Waals surface area contributed by atoms with Crippen LogP contribution in [-0.4, -0.2) is 34.6 Å². The zero-order chi connectivity index (χ0) is 27.6. The first-order valence-corrected chi connectivity index (χ1v) is 15.6. The zero-order valence-corrected chi connectivity index (χ0v) is 24.9. The predicted molar refractivity (Wildman–Crippen MR) is 161 cm³/mol. The SMILES string of the molecule is O=C(NC1CCCCC1)[C@H](Cc1ccccc1)N(Cc1ccc(Br)cc1)C(=O)CSCc1c(F)cccc1Cl. The van der Waals surface area contributed by atoms with Crippen molar-refractivity contribution in [2.24, 2.45) is 0 Å². The molecule has 2 amide bonds. The van der Waals surface area contributed by atoms with Crippen LogP contribution >= 0.6 is 39.3 Å². The minimum absolute atomic E-state index is 0.100. The highest BCUT2D eigenvalue weighted by molar-refractivity contribution is 9.10. The Morgan fingerprint density at radius 3 is 2.38 bits per heavy atom. The number of carbonyl (C=O) groups is 2. The van der Waals surface area contributed by atoms with Crippen molar-refractivity contribution in [1.82, 2.24) is 10.2 Å². The van der Waals surface area contributed by atoms with Crippen molar-refractivity contribution in [3.8, 4) is 0 Å². The van der Waals surface area contributed by atoms with Crippen LogP contribution in [0.25, 0.3) is 0 Å². The Balaban J connectivity index is 1.57. The highest BCUT2D eigenvalue weighted by atomic mass is 79.9. The van der Waals surface area contributed by atoms with Gasteiger partial charge < -0.3 is 10.2 Å². The topological polar surface area (TPSA) is 49.4 Å². The van der Waals surface area contributed by atoms with E-state index in [9.17, 15) is 14.0 Å². The molecule has 1 aliphatic carbocycles. The number of benzene rings is 3. The predicted octanol–water partition coefficient (Wildman–Crippen LogP) is 7.56. The Hall–Kier alpha value is -2.35. The van der Waals surface area contributed by atoms with Gasteiger partial charge in [0.25, 0.3) is 0 Å². The number of amides is 2. The standard InChI is InChI=1S/C31H33BrClFN2O2S/c32-24-16-14-23(15-17-24)19-36(30(37)21-39-20-26-27(33)12-7-13-28(26)34)29(18-22-8-3-1-4-9-22)31(38)35-25-10-5-2-6-11-25/h1,3-4,7-9,12-17,25,29H,2,5-6,10-11,18-21H2,(H,35,38)/t29-/m0/s1. The number of carbonyl (C=O) groups excluding carboxylic acids is 2. The molecular formula is C31H33BrClFN2O2S. The third kappa shape index (κ3) is 8.82. The first-order chi connectivity index (χ1) is 18.9. The van der Waals surface area contributed by atoms with Gasteiger partial charge in [-0.25, -0.2) is 4.39 Å². The molecule has 39 heavy (non-hydrogen) atoms. The van der Waals surface area contributed by atoms with E-state index in [2.05, 4.69) is 21.2 Å². The van der Waals surface area contributed by atoms with Crippen molar-refractivity contribution in [1.29, 1.82) is 0 Å². The van der Waals surface area contributed by atoms with E-state index >= 15 is 0 Å². The van der Waals surface area contributed by atoms with Gasteiger partial charge in [0.1, 0.15) is 11.9 Å². The Bertz CT molecular complexity index is 1220. The fourth-order valence-electron chi connectivity index (χ4n) is 4.88. The highest BCUT2D eigenvalue weighted by Gasteiger charge is 2.32. The maximum Gasteiger partial charge on any atom is 0.243 e. The van der Waals surface area contributed by atoms with Gasteiger partial charge in [0, 0.05) is 39.8 Å². The molecule has 1 saturated carbocycles. The molecule has 3 aromatic rings. The van der Waals surface area contributed by atoms with Crippen molar-refractivity contribution in [3.05, 3.63) is 105 Å². The highest BCUT2D eigenvalue weighted by Crippen LogP contribution is 2.25. The number of hydrogen-bond donors (Lipinski definition) is 1. The summed E-state index contributed by atoms with van der Waals surface area (Å²) in [6.07, 6.45) is 5.73. The molecule has 1 aliphatic rings. The lowest BCUT2D eigenvalue weighted by molar-refractivity contribution is -0.139. The average Bonchev–Trinajstić information content (AvgIpc) is 2.94. The first-order valence-electron chi connectivity index (χ1n) is 13.3. The largest absolute Gasteiger partial charge is 0.352 e. The number of nitrogens with zero attached hydrogens (tertiary/aromatic N) is 1. The van der Waals surface area contributed by atoms with Gasteiger partial charge in [0.15, 0.2) is 0 Å². The number of halogens is 3. The van der Waals surface area contributed by atoms with Crippen LogP contribution in [0.2, 0.25) is 5.02 Å². The lowest BCUT2D eigenvalue weighted by Crippen LogP contribution is -2.53. The summed E-state index contributed by atoms with van der Waals surface area (Å²) in [4.78, 5) is 29.3. The molecule has 3 aromatic carbocycles. The van der Waals surface area contributed by atoms with Gasteiger partial charge in [0.05, 0.1) is 5.75 Å². The normalized spacial score (nSPS) is 14.5. The summed E-state index contributed by atoms with van der Waals surface area (Å²) in [5.41, 5.74) is 2.30. The van der Waals surface area contributed by atoms with Gasteiger partial charge in [-0.05, 0) is 48.2 Å². The Morgan fingerprint density at radius 1 is 0.974 bits per heavy atom. The number of thioether (sulfide) groups is 1. The van der Waals surface area contributed by atoms with E-state index in [4.69, 9.17) is 11.6 Å². The minimum atomic E-state index is -0.678. The molecule has 0 aliphatic heterocycles. The van der Waals surface area contributed by atoms with Crippen LogP contribution < -0.4 is 5.32 Å². The van der Waals surface area contributed by atoms with E-state index in [0.29, 0.717) is 23.6 Å². The smallest absolute Gasteiger partial charge is 0.243 e. The summed E-state index contributed by atoms with van der Waals surface area (Å²) >= 11 is 11.0. The van der Waals surface area contributed by atoms with E-state index in [1.165, 1.54) is 24.2 Å². The summed E-state index contributed by atoms with van der Waals surface area (Å²) in [5, 5.41) is 3.60. The van der Waals surface area contributed by atoms with Crippen molar-refractivity contribution in [2.45, 2.75) is 62.9 Å². The van der Waals surface area contributed by atoms with Crippen molar-refractivity contribution >= 4 is 51.1 Å². The average molecular weight is 632 g/mol. The summed E-state index contributed by atoms with van der Waals surface area (Å²) < 4.78 is 15.2. The second-order valence-electron chi connectivity index (χ2n) is 9.89. The van der Waals surface area contributed by atoms with Gasteiger partial charge in [-0.2, -0.15) is 0 Å². The van der Waals surface area contributed by atoms with Crippen LogP contribution in [-0.2, 0) is 28.3 Å². The molecule has 206 valence electrons. The fraction of sp³-hybridized carbons (Fsp3) is 0.355. The number of rotatable bonds is 11. The van der Waals surface area contributed by atoms with E-state index < -0.39 is 6.04 Å². The molecule has 0 bridgehead atoms. The minimum Gasteiger partial charge on any atom is -0.352 e. The molecule has 0 heterocycles. The fourth-order valence-corrected chi connectivity index (χ4v) is 6.39. The van der Waals surface area contributed by atoms with Crippen LogP contribution in [0.1, 0.15) is 48.8 Å². The van der Waals surface area contributed by atoms with Crippen LogP contribution in [0.3, 0.4) is 0 Å². The van der Waals surface area contributed by atoms with Crippen molar-refractivity contribution in [2.75, 3.05) is 5.75 Å². The maximum absolute atomic E-state index is 14.3. The molecule has 0 spiro atoms. The van der Waals surface area contributed by atoms with Gasteiger partial charge in [-0.15, -0.1) is 11.8 Å². The number of hydrogen-bond acceptors (Lipinski definition) is 3. The van der Waals surface area contributed by atoms with Crippen LogP contribution in [0.5, 0.6) is 0 Å². The first kappa shape index (κ1) is 29.6. The molecule has 1 atom stereocenters. The van der Waals surface area contributed by atoms with Crippen LogP contribution in [0.15, 0.2) is 77.3 Å². The molecule has 1 N–H and O–H groups in total. The van der Waals surface area contributed by atoms with Gasteiger partial charge in [-0.1, -0.05) is 95.3 Å². The molecule has 8 heteroatoms. The molecule has 0 aromatic heterocycles. The van der Waals surface area contributed by atoms with Crippen LogP contribution in [0, 0.1) is 5.82 Å². The van der Waals surface area contributed by atoms with Gasteiger partial charge in [-0.3, -0.25) is 9.59 Å². The quantitative estimate of drug-likeness (QED) is 0.238. The molecule has 0 radical (unpaired) electrons. The molecule has 0 unspecified atom stereocenters. The summed E-state index contributed by atoms with van der Waals surface area (Å²) in [6.45, 7) is 0.294. The van der Waals surface area contributed by atoms with E-state index in [-0.39, 0.29) is 35.2 Å². The summed E-state index contributed by atoms with van der Waals surface area (Å²) in [7, 11) is 0. The second kappa shape index (κ2) is 14.9. The Labute approximate surface area is 247 Å². The summed E-state index contributed by atoms with van der Waals surface area (Å²) in [6, 6.07) is 21.6. The molecule has 0 saturated heterocycles. The van der Waals surface area contributed by atoms with Gasteiger partial charge in [0.2, 0.25) is 11.8 Å². The van der Waals surface area contributed by atoms with E-state index in [0.717, 1.165) is 41.3 Å². The molecule has 4 nitrogen and oxygen atoms in total. The van der Waals surface area contributed by atoms with Crippen molar-refractivity contribution in [3.63, 3.8) is 0 Å². The number of nitrogens with one attached hydrogen (secondary N) is 1. The molecule has 1 fully saturated rings. The van der Waals surface area contributed by atoms with Crippen LogP contribution in [0.4, 0.5) is 4.39 Å². The lowest BCUT2D eigenvalue weighted by atomic mass is 9.94. The zero-order valence-electron chi connectivity index (χ0n) is 21.8. The third-order valence-electron chi connectivity index (χ3n) is 7.02. The van der Waals surface area contributed by atoms with Gasteiger partial charge >= 0.3 is 0 Å². The molecular weight excluding hydrogens is 599 g/mol. The Kier molecular flexibility index (Phi) is 11.3. The van der Waals surface area contributed by atoms with Crippen molar-refractivity contribution < 1.29 is 14.0 Å². The van der Waals surface area contributed by atoms with E-state index in [1.807, 2.05) is 54.6 Å². The monoisotopic (exact) mass is 630 g/mol. The third-order valence-corrected chi connectivity index (χ3v) is 8.85. The lowest BCUT2D eigenvalue weighted by Gasteiger charge is -2.33. The Morgan fingerprint density at radius 2 is 1.69 bits per heavy atom. The molecule has 4 rings (SSSR count). The maximum atomic E-state index is 14.3.